The molecule has 1 aliphatic heterocycles. The van der Waals surface area contributed by atoms with Crippen LogP contribution in [0.1, 0.15) is 25.3 Å². The molecule has 1 aromatic carbocycles. The quantitative estimate of drug-likeness (QED) is 0.813. The highest BCUT2D eigenvalue weighted by atomic mass is 79.9. The molecule has 1 N–H and O–H groups in total. The van der Waals surface area contributed by atoms with Gasteiger partial charge in [-0.25, -0.2) is 0 Å². The topological polar surface area (TPSA) is 21.3 Å². The van der Waals surface area contributed by atoms with Crippen molar-refractivity contribution in [1.82, 2.24) is 5.32 Å². The van der Waals surface area contributed by atoms with Crippen molar-refractivity contribution in [2.45, 2.75) is 26.2 Å². The van der Waals surface area contributed by atoms with Crippen LogP contribution in [0.5, 0.6) is 0 Å². The van der Waals surface area contributed by atoms with Gasteiger partial charge in [-0.15, -0.1) is 0 Å². The van der Waals surface area contributed by atoms with E-state index in [0.29, 0.717) is 0 Å². The number of ether oxygens (including phenoxy) is 1. The van der Waals surface area contributed by atoms with Crippen molar-refractivity contribution in [2.75, 3.05) is 26.3 Å². The first-order valence-electron chi connectivity index (χ1n) is 6.77. The SMILES string of the molecule is CCCNCC1(Cc2cccc(Br)c2)CCOC1. The lowest BCUT2D eigenvalue weighted by Crippen LogP contribution is -2.37. The van der Waals surface area contributed by atoms with E-state index >= 15 is 0 Å². The van der Waals surface area contributed by atoms with Crippen LogP contribution in [0.2, 0.25) is 0 Å². The molecule has 2 rings (SSSR count). The molecule has 0 aliphatic carbocycles. The molecular formula is C15H22BrNO. The largest absolute Gasteiger partial charge is 0.381 e. The minimum atomic E-state index is 0.288. The summed E-state index contributed by atoms with van der Waals surface area (Å²) in [5.41, 5.74) is 1.68. The summed E-state index contributed by atoms with van der Waals surface area (Å²) < 4.78 is 6.80. The summed E-state index contributed by atoms with van der Waals surface area (Å²) in [5, 5.41) is 3.56. The Morgan fingerprint density at radius 2 is 2.33 bits per heavy atom. The molecule has 1 aliphatic rings. The fourth-order valence-corrected chi connectivity index (χ4v) is 3.05. The van der Waals surface area contributed by atoms with Gasteiger partial charge in [0, 0.05) is 23.0 Å². The molecular weight excluding hydrogens is 290 g/mol. The molecule has 1 aromatic rings. The first-order chi connectivity index (χ1) is 8.74. The molecule has 100 valence electrons. The van der Waals surface area contributed by atoms with Crippen LogP contribution in [0, 0.1) is 5.41 Å². The highest BCUT2D eigenvalue weighted by molar-refractivity contribution is 9.10. The van der Waals surface area contributed by atoms with Gasteiger partial charge in [0.25, 0.3) is 0 Å². The molecule has 1 atom stereocenters. The second kappa shape index (κ2) is 6.69. The zero-order chi connectivity index (χ0) is 12.8. The van der Waals surface area contributed by atoms with Crippen LogP contribution in [-0.2, 0) is 11.2 Å². The van der Waals surface area contributed by atoms with Gasteiger partial charge in [-0.1, -0.05) is 35.0 Å². The second-order valence-electron chi connectivity index (χ2n) is 5.29. The summed E-state index contributed by atoms with van der Waals surface area (Å²) in [7, 11) is 0. The maximum Gasteiger partial charge on any atom is 0.0538 e. The Morgan fingerprint density at radius 1 is 1.44 bits per heavy atom. The number of rotatable bonds is 6. The van der Waals surface area contributed by atoms with Crippen molar-refractivity contribution in [3.8, 4) is 0 Å². The minimum absolute atomic E-state index is 0.288. The predicted molar refractivity (Wildman–Crippen MR) is 78.9 cm³/mol. The van der Waals surface area contributed by atoms with Crippen molar-refractivity contribution >= 4 is 15.9 Å². The summed E-state index contributed by atoms with van der Waals surface area (Å²) in [6.45, 7) is 6.16. The minimum Gasteiger partial charge on any atom is -0.381 e. The molecule has 1 unspecified atom stereocenters. The van der Waals surface area contributed by atoms with Crippen LogP contribution in [0.15, 0.2) is 28.7 Å². The molecule has 1 heterocycles. The van der Waals surface area contributed by atoms with Crippen LogP contribution in [-0.4, -0.2) is 26.3 Å². The predicted octanol–water partition coefficient (Wildman–Crippen LogP) is 3.40. The maximum atomic E-state index is 5.64. The summed E-state index contributed by atoms with van der Waals surface area (Å²) in [4.78, 5) is 0. The monoisotopic (exact) mass is 311 g/mol. The number of halogens is 1. The number of hydrogen-bond acceptors (Lipinski definition) is 2. The van der Waals surface area contributed by atoms with Gasteiger partial charge >= 0.3 is 0 Å². The van der Waals surface area contributed by atoms with Crippen LogP contribution >= 0.6 is 15.9 Å². The summed E-state index contributed by atoms with van der Waals surface area (Å²) >= 11 is 3.55. The van der Waals surface area contributed by atoms with Gasteiger partial charge in [-0.05, 0) is 43.5 Å². The van der Waals surface area contributed by atoms with Gasteiger partial charge in [0.15, 0.2) is 0 Å². The number of hydrogen-bond donors (Lipinski definition) is 1. The van der Waals surface area contributed by atoms with E-state index in [0.717, 1.165) is 43.6 Å². The normalized spacial score (nSPS) is 23.4. The van der Waals surface area contributed by atoms with E-state index in [2.05, 4.69) is 52.4 Å². The molecule has 0 saturated carbocycles. The second-order valence-corrected chi connectivity index (χ2v) is 6.20. The molecule has 0 aromatic heterocycles. The molecule has 0 radical (unpaired) electrons. The van der Waals surface area contributed by atoms with Gasteiger partial charge in [-0.3, -0.25) is 0 Å². The fourth-order valence-electron chi connectivity index (χ4n) is 2.60. The first kappa shape index (κ1) is 14.0. The Hall–Kier alpha value is -0.380. The fraction of sp³-hybridized carbons (Fsp3) is 0.600. The van der Waals surface area contributed by atoms with E-state index in [1.54, 1.807) is 0 Å². The Morgan fingerprint density at radius 3 is 3.00 bits per heavy atom. The molecule has 3 heteroatoms. The van der Waals surface area contributed by atoms with E-state index in [1.807, 2.05) is 0 Å². The third-order valence-corrected chi connectivity index (χ3v) is 4.07. The highest BCUT2D eigenvalue weighted by Gasteiger charge is 2.34. The van der Waals surface area contributed by atoms with E-state index in [1.165, 1.54) is 12.0 Å². The maximum absolute atomic E-state index is 5.64. The Labute approximate surface area is 118 Å². The molecule has 0 spiro atoms. The first-order valence-corrected chi connectivity index (χ1v) is 7.56. The summed E-state index contributed by atoms with van der Waals surface area (Å²) in [6, 6.07) is 8.63. The molecule has 1 fully saturated rings. The lowest BCUT2D eigenvalue weighted by molar-refractivity contribution is 0.149. The van der Waals surface area contributed by atoms with Gasteiger partial charge < -0.3 is 10.1 Å². The number of nitrogens with one attached hydrogen (secondary N) is 1. The zero-order valence-electron chi connectivity index (χ0n) is 11.0. The van der Waals surface area contributed by atoms with Crippen molar-refractivity contribution in [1.29, 1.82) is 0 Å². The molecule has 18 heavy (non-hydrogen) atoms. The van der Waals surface area contributed by atoms with E-state index in [9.17, 15) is 0 Å². The van der Waals surface area contributed by atoms with Crippen molar-refractivity contribution in [3.63, 3.8) is 0 Å². The average Bonchev–Trinajstić information content (AvgIpc) is 2.78. The van der Waals surface area contributed by atoms with E-state index < -0.39 is 0 Å². The van der Waals surface area contributed by atoms with Crippen LogP contribution in [0.4, 0.5) is 0 Å². The van der Waals surface area contributed by atoms with Gasteiger partial charge in [-0.2, -0.15) is 0 Å². The zero-order valence-corrected chi connectivity index (χ0v) is 12.6. The average molecular weight is 312 g/mol. The lowest BCUT2D eigenvalue weighted by atomic mass is 9.81. The Bertz CT molecular complexity index is 375. The molecule has 2 nitrogen and oxygen atoms in total. The van der Waals surface area contributed by atoms with Crippen molar-refractivity contribution < 1.29 is 4.74 Å². The third kappa shape index (κ3) is 3.81. The van der Waals surface area contributed by atoms with Crippen LogP contribution in [0.25, 0.3) is 0 Å². The Kier molecular flexibility index (Phi) is 5.22. The van der Waals surface area contributed by atoms with E-state index in [-0.39, 0.29) is 5.41 Å². The van der Waals surface area contributed by atoms with Gasteiger partial charge in [0.1, 0.15) is 0 Å². The van der Waals surface area contributed by atoms with Crippen molar-refractivity contribution in [3.05, 3.63) is 34.3 Å². The van der Waals surface area contributed by atoms with Gasteiger partial charge in [0.2, 0.25) is 0 Å². The summed E-state index contributed by atoms with van der Waals surface area (Å²) in [5.74, 6) is 0. The Balaban J connectivity index is 2.01. The van der Waals surface area contributed by atoms with Crippen LogP contribution in [0.3, 0.4) is 0 Å². The molecule has 0 amide bonds. The van der Waals surface area contributed by atoms with Crippen LogP contribution < -0.4 is 5.32 Å². The summed E-state index contributed by atoms with van der Waals surface area (Å²) in [6.07, 6.45) is 3.45. The number of benzene rings is 1. The molecule has 0 bridgehead atoms. The van der Waals surface area contributed by atoms with E-state index in [4.69, 9.17) is 4.74 Å². The smallest absolute Gasteiger partial charge is 0.0538 e. The van der Waals surface area contributed by atoms with Gasteiger partial charge in [0.05, 0.1) is 6.61 Å². The highest BCUT2D eigenvalue weighted by Crippen LogP contribution is 2.32. The lowest BCUT2D eigenvalue weighted by Gasteiger charge is -2.28. The third-order valence-electron chi connectivity index (χ3n) is 3.58. The van der Waals surface area contributed by atoms with Crippen molar-refractivity contribution in [2.24, 2.45) is 5.41 Å². The standard InChI is InChI=1S/C15H22BrNO/c1-2-7-17-11-15(6-8-18-12-15)10-13-4-3-5-14(16)9-13/h3-5,9,17H,2,6-8,10-12H2,1H3. The molecule has 1 saturated heterocycles.